The summed E-state index contributed by atoms with van der Waals surface area (Å²) >= 11 is 0. The molecule has 0 saturated carbocycles. The van der Waals surface area contributed by atoms with Crippen LogP contribution in [0.3, 0.4) is 0 Å². The quantitative estimate of drug-likeness (QED) is 0.165. The second kappa shape index (κ2) is 16.4. The van der Waals surface area contributed by atoms with Gasteiger partial charge in [-0.3, -0.25) is 0 Å². The highest BCUT2D eigenvalue weighted by Gasteiger charge is 2.24. The number of hydrogen-bond donors (Lipinski definition) is 0. The topological polar surface area (TPSA) is 13.0 Å². The summed E-state index contributed by atoms with van der Waals surface area (Å²) in [6.45, 7) is 0. The number of benzene rings is 9. The molecule has 0 N–H and O–H groups in total. The van der Waals surface area contributed by atoms with Crippen molar-refractivity contribution in [2.45, 2.75) is 0 Å². The molecule has 3 aliphatic rings. The Bertz CT molecular complexity index is 3080. The third-order valence-corrected chi connectivity index (χ3v) is 13.8. The average molecular weight is 861 g/mol. The first-order valence-corrected chi connectivity index (χ1v) is 23.0. The van der Waals surface area contributed by atoms with E-state index in [2.05, 4.69) is 277 Å². The van der Waals surface area contributed by atoms with Crippen molar-refractivity contribution < 1.29 is 0 Å². The lowest BCUT2D eigenvalue weighted by Crippen LogP contribution is -2.11. The van der Waals surface area contributed by atoms with Crippen molar-refractivity contribution in [1.82, 2.24) is 0 Å². The van der Waals surface area contributed by atoms with Crippen LogP contribution in [0.2, 0.25) is 0 Å². The molecular weight excluding hydrogens is 813 g/mol. The van der Waals surface area contributed by atoms with E-state index in [1.165, 1.54) is 101 Å². The summed E-state index contributed by atoms with van der Waals surface area (Å²) in [5, 5.41) is 0. The highest BCUT2D eigenvalue weighted by molar-refractivity contribution is 6.04. The van der Waals surface area contributed by atoms with Crippen LogP contribution in [0.15, 0.2) is 218 Å². The molecule has 12 rings (SSSR count). The van der Waals surface area contributed by atoms with Gasteiger partial charge in [0.1, 0.15) is 0 Å². The Morgan fingerprint density at radius 3 is 0.776 bits per heavy atom. The molecule has 67 heavy (non-hydrogen) atoms. The van der Waals surface area contributed by atoms with Crippen LogP contribution in [0, 0.1) is 0 Å². The van der Waals surface area contributed by atoms with Crippen LogP contribution >= 0.6 is 0 Å². The Balaban J connectivity index is 0.971. The lowest BCUT2D eigenvalue weighted by Gasteiger charge is -2.27. The number of hydrogen-bond acceptors (Lipinski definition) is 4. The minimum Gasteiger partial charge on any atom is -0.344 e. The SMILES string of the molecule is CN1c2ccccc2C=C(c2ccc(N(c3ccc(C4=Cc5ccccc5N(C)c5ccccc54)cc3)c3ccc(C4=Cc5ccccc5N(C)c5ccccc54)cc3)cc2)c2ccccc21. The van der Waals surface area contributed by atoms with Crippen molar-refractivity contribution in [3.63, 3.8) is 0 Å². The predicted molar refractivity (Wildman–Crippen MR) is 285 cm³/mol. The molecule has 3 heterocycles. The lowest BCUT2D eigenvalue weighted by atomic mass is 9.94. The third kappa shape index (κ3) is 6.93. The number of para-hydroxylation sites is 6. The molecule has 0 aliphatic carbocycles. The Morgan fingerprint density at radius 2 is 0.493 bits per heavy atom. The van der Waals surface area contributed by atoms with Crippen LogP contribution in [-0.2, 0) is 0 Å². The van der Waals surface area contributed by atoms with Gasteiger partial charge in [-0.1, -0.05) is 146 Å². The molecule has 9 aromatic rings. The van der Waals surface area contributed by atoms with Crippen LogP contribution < -0.4 is 19.6 Å². The van der Waals surface area contributed by atoms with E-state index in [0.717, 1.165) is 17.1 Å². The Kier molecular flexibility index (Phi) is 9.80. The standard InChI is InChI=1S/C63H48N4/c1-64-58-22-10-4-16-46(58)40-55(52-19-7-13-25-61(52)64)43-28-34-49(35-29-43)67(50-36-30-44(31-37-50)56-41-47-17-5-11-23-59(47)65(2)62-26-14-8-20-53(56)62)51-38-32-45(33-39-51)57-42-48-18-6-12-24-60(48)66(3)63-27-15-9-21-54(57)63/h4-42H,1-3H3. The van der Waals surface area contributed by atoms with E-state index in [9.17, 15) is 0 Å². The molecule has 0 radical (unpaired) electrons. The Hall–Kier alpha value is -8.60. The summed E-state index contributed by atoms with van der Waals surface area (Å²) in [5.74, 6) is 0. The molecule has 0 aromatic heterocycles. The van der Waals surface area contributed by atoms with Crippen LogP contribution in [0.5, 0.6) is 0 Å². The minimum atomic E-state index is 1.08. The van der Waals surface area contributed by atoms with E-state index >= 15 is 0 Å². The molecule has 0 amide bonds. The molecule has 0 unspecified atom stereocenters. The first kappa shape index (κ1) is 40.0. The molecule has 3 aliphatic heterocycles. The number of rotatable bonds is 6. The van der Waals surface area contributed by atoms with Crippen molar-refractivity contribution in [1.29, 1.82) is 0 Å². The van der Waals surface area contributed by atoms with Gasteiger partial charge in [-0.05, 0) is 141 Å². The summed E-state index contributed by atoms with van der Waals surface area (Å²) in [6, 6.07) is 79.5. The van der Waals surface area contributed by atoms with Gasteiger partial charge in [0, 0.05) is 89.0 Å². The summed E-state index contributed by atoms with van der Waals surface area (Å²) in [5.41, 5.74) is 24.7. The van der Waals surface area contributed by atoms with Gasteiger partial charge in [-0.2, -0.15) is 0 Å². The fourth-order valence-corrected chi connectivity index (χ4v) is 10.3. The van der Waals surface area contributed by atoms with Crippen molar-refractivity contribution in [2.75, 3.05) is 40.7 Å². The number of anilines is 9. The van der Waals surface area contributed by atoms with Gasteiger partial charge in [0.15, 0.2) is 0 Å². The second-order valence-corrected chi connectivity index (χ2v) is 17.6. The Labute approximate surface area is 393 Å². The number of nitrogens with zero attached hydrogens (tertiary/aromatic N) is 4. The molecule has 0 bridgehead atoms. The molecule has 0 fully saturated rings. The van der Waals surface area contributed by atoms with Crippen molar-refractivity contribution >= 4 is 86.1 Å². The minimum absolute atomic E-state index is 1.08. The normalized spacial score (nSPS) is 13.5. The van der Waals surface area contributed by atoms with E-state index in [-0.39, 0.29) is 0 Å². The van der Waals surface area contributed by atoms with Crippen LogP contribution in [-0.4, -0.2) is 21.1 Å². The molecule has 0 atom stereocenters. The van der Waals surface area contributed by atoms with Gasteiger partial charge < -0.3 is 19.6 Å². The molecule has 4 heteroatoms. The van der Waals surface area contributed by atoms with Gasteiger partial charge >= 0.3 is 0 Å². The molecule has 4 nitrogen and oxygen atoms in total. The van der Waals surface area contributed by atoms with Gasteiger partial charge in [0.05, 0.1) is 0 Å². The van der Waals surface area contributed by atoms with Gasteiger partial charge in [0.2, 0.25) is 0 Å². The largest absolute Gasteiger partial charge is 0.344 e. The summed E-state index contributed by atoms with van der Waals surface area (Å²) in [6.07, 6.45) is 7.03. The third-order valence-electron chi connectivity index (χ3n) is 13.8. The Morgan fingerprint density at radius 1 is 0.254 bits per heavy atom. The average Bonchev–Trinajstić information content (AvgIpc) is 3.67. The zero-order valence-corrected chi connectivity index (χ0v) is 37.8. The van der Waals surface area contributed by atoms with Crippen molar-refractivity contribution in [3.05, 3.63) is 268 Å². The number of fused-ring (bicyclic) bond motifs is 6. The fraction of sp³-hybridized carbons (Fsp3) is 0.0476. The van der Waals surface area contributed by atoms with Gasteiger partial charge in [-0.15, -0.1) is 0 Å². The zero-order chi connectivity index (χ0) is 45.0. The summed E-state index contributed by atoms with van der Waals surface area (Å²) in [4.78, 5) is 9.30. The molecular formula is C63H48N4. The first-order valence-electron chi connectivity index (χ1n) is 23.0. The maximum Gasteiger partial charge on any atom is 0.0488 e. The monoisotopic (exact) mass is 860 g/mol. The summed E-state index contributed by atoms with van der Waals surface area (Å²) in [7, 11) is 6.49. The lowest BCUT2D eigenvalue weighted by molar-refractivity contribution is 1.20. The van der Waals surface area contributed by atoms with E-state index in [4.69, 9.17) is 0 Å². The van der Waals surface area contributed by atoms with Crippen LogP contribution in [0.25, 0.3) is 34.9 Å². The predicted octanol–water partition coefficient (Wildman–Crippen LogP) is 16.2. The van der Waals surface area contributed by atoms with Gasteiger partial charge in [0.25, 0.3) is 0 Å². The van der Waals surface area contributed by atoms with E-state index in [1.807, 2.05) is 0 Å². The molecule has 0 spiro atoms. The summed E-state index contributed by atoms with van der Waals surface area (Å²) < 4.78 is 0. The fourth-order valence-electron chi connectivity index (χ4n) is 10.3. The molecule has 0 saturated heterocycles. The van der Waals surface area contributed by atoms with Crippen LogP contribution in [0.1, 0.15) is 50.1 Å². The zero-order valence-electron chi connectivity index (χ0n) is 37.8. The van der Waals surface area contributed by atoms with E-state index in [1.54, 1.807) is 0 Å². The molecule has 320 valence electrons. The highest BCUT2D eigenvalue weighted by atomic mass is 15.1. The second-order valence-electron chi connectivity index (χ2n) is 17.6. The molecule has 9 aromatic carbocycles. The van der Waals surface area contributed by atoms with Gasteiger partial charge in [-0.25, -0.2) is 0 Å². The van der Waals surface area contributed by atoms with E-state index in [0.29, 0.717) is 0 Å². The van der Waals surface area contributed by atoms with Crippen molar-refractivity contribution in [2.24, 2.45) is 0 Å². The van der Waals surface area contributed by atoms with Crippen molar-refractivity contribution in [3.8, 4) is 0 Å². The maximum atomic E-state index is 2.38. The van der Waals surface area contributed by atoms with Crippen LogP contribution in [0.4, 0.5) is 51.2 Å². The smallest absolute Gasteiger partial charge is 0.0488 e. The van der Waals surface area contributed by atoms with E-state index < -0.39 is 0 Å². The maximum absolute atomic E-state index is 2.38. The highest BCUT2D eigenvalue weighted by Crippen LogP contribution is 2.46. The first-order chi connectivity index (χ1) is 33.0.